The van der Waals surface area contributed by atoms with Crippen molar-refractivity contribution in [2.45, 2.75) is 58.4 Å². The summed E-state index contributed by atoms with van der Waals surface area (Å²) in [6, 6.07) is 9.16. The lowest BCUT2D eigenvalue weighted by Gasteiger charge is -2.27. The van der Waals surface area contributed by atoms with Gasteiger partial charge >= 0.3 is 0 Å². The number of aromatic nitrogens is 2. The fourth-order valence-electron chi connectivity index (χ4n) is 4.18. The van der Waals surface area contributed by atoms with E-state index < -0.39 is 0 Å². The van der Waals surface area contributed by atoms with E-state index in [9.17, 15) is 0 Å². The van der Waals surface area contributed by atoms with Gasteiger partial charge in [-0.15, -0.1) is 0 Å². The van der Waals surface area contributed by atoms with E-state index in [-0.39, 0.29) is 6.04 Å². The Labute approximate surface area is 163 Å². The summed E-state index contributed by atoms with van der Waals surface area (Å²) in [6.45, 7) is 7.35. The average Bonchev–Trinajstić information content (AvgIpc) is 2.91. The van der Waals surface area contributed by atoms with Gasteiger partial charge < -0.3 is 10.6 Å². The molecule has 5 heteroatoms. The Balaban J connectivity index is 1.57. The summed E-state index contributed by atoms with van der Waals surface area (Å²) < 4.78 is 1.96. The predicted octanol–water partition coefficient (Wildman–Crippen LogP) is 3.25. The number of aryl methyl sites for hydroxylation is 3. The van der Waals surface area contributed by atoms with Gasteiger partial charge in [0.25, 0.3) is 0 Å². The minimum absolute atomic E-state index is 0.288. The molecule has 27 heavy (non-hydrogen) atoms. The summed E-state index contributed by atoms with van der Waals surface area (Å²) >= 11 is 0. The molecule has 2 aromatic rings. The first-order valence-corrected chi connectivity index (χ1v) is 10.0. The number of nitrogens with zero attached hydrogens (tertiary/aromatic N) is 3. The van der Waals surface area contributed by atoms with Gasteiger partial charge in [0.1, 0.15) is 0 Å². The van der Waals surface area contributed by atoms with Crippen LogP contribution in [0.4, 0.5) is 0 Å². The number of aliphatic imine (C=N–C) groups is 1. The summed E-state index contributed by atoms with van der Waals surface area (Å²) in [5.41, 5.74) is 6.69. The minimum atomic E-state index is 0.288. The highest BCUT2D eigenvalue weighted by atomic mass is 15.3. The molecular formula is C22H33N5. The molecule has 2 atom stereocenters. The normalized spacial score (nSPS) is 18.1. The molecule has 0 amide bonds. The van der Waals surface area contributed by atoms with Gasteiger partial charge in [0.05, 0.1) is 5.69 Å². The highest BCUT2D eigenvalue weighted by molar-refractivity contribution is 5.80. The summed E-state index contributed by atoms with van der Waals surface area (Å²) in [4.78, 5) is 4.43. The maximum Gasteiger partial charge on any atom is 0.191 e. The van der Waals surface area contributed by atoms with Gasteiger partial charge in [-0.1, -0.05) is 24.3 Å². The van der Waals surface area contributed by atoms with Gasteiger partial charge in [-0.05, 0) is 63.1 Å². The van der Waals surface area contributed by atoms with Crippen LogP contribution in [0.2, 0.25) is 0 Å². The van der Waals surface area contributed by atoms with Gasteiger partial charge in [0.15, 0.2) is 5.96 Å². The van der Waals surface area contributed by atoms with E-state index in [1.54, 1.807) is 0 Å². The van der Waals surface area contributed by atoms with Crippen molar-refractivity contribution < 1.29 is 0 Å². The lowest BCUT2D eigenvalue weighted by atomic mass is 9.83. The second-order valence-electron chi connectivity index (χ2n) is 7.76. The first-order chi connectivity index (χ1) is 13.0. The van der Waals surface area contributed by atoms with Crippen LogP contribution in [-0.2, 0) is 19.9 Å². The predicted molar refractivity (Wildman–Crippen MR) is 112 cm³/mol. The highest BCUT2D eigenvalue weighted by Gasteiger charge is 2.20. The Hall–Kier alpha value is -2.30. The molecule has 0 saturated heterocycles. The monoisotopic (exact) mass is 367 g/mol. The second kappa shape index (κ2) is 8.59. The molecular weight excluding hydrogens is 334 g/mol. The van der Waals surface area contributed by atoms with Crippen LogP contribution >= 0.6 is 0 Å². The van der Waals surface area contributed by atoms with Gasteiger partial charge in [0, 0.05) is 38.3 Å². The zero-order chi connectivity index (χ0) is 19.4. The van der Waals surface area contributed by atoms with E-state index in [1.165, 1.54) is 41.6 Å². The van der Waals surface area contributed by atoms with Crippen molar-refractivity contribution in [3.8, 4) is 0 Å². The Morgan fingerprint density at radius 2 is 2.11 bits per heavy atom. The Bertz CT molecular complexity index is 805. The molecule has 0 fully saturated rings. The van der Waals surface area contributed by atoms with Crippen molar-refractivity contribution in [1.29, 1.82) is 0 Å². The number of hydrogen-bond donors (Lipinski definition) is 2. The van der Waals surface area contributed by atoms with Crippen molar-refractivity contribution in [3.05, 3.63) is 52.3 Å². The maximum atomic E-state index is 4.52. The number of hydrogen-bond acceptors (Lipinski definition) is 2. The van der Waals surface area contributed by atoms with Crippen molar-refractivity contribution in [2.75, 3.05) is 13.6 Å². The van der Waals surface area contributed by atoms with E-state index in [4.69, 9.17) is 0 Å². The molecule has 0 saturated carbocycles. The first kappa shape index (κ1) is 19.5. The number of fused-ring (bicyclic) bond motifs is 1. The number of nitrogens with one attached hydrogen (secondary N) is 2. The van der Waals surface area contributed by atoms with Gasteiger partial charge in [0.2, 0.25) is 0 Å². The summed E-state index contributed by atoms with van der Waals surface area (Å²) in [6.07, 6.45) is 4.66. The molecule has 0 bridgehead atoms. The Morgan fingerprint density at radius 1 is 1.33 bits per heavy atom. The maximum absolute atomic E-state index is 4.52. The van der Waals surface area contributed by atoms with Crippen LogP contribution in [0.1, 0.15) is 53.8 Å². The standard InChI is InChI=1S/C22H33N5/c1-15(13-21-16(2)26-27(5)17(21)3)25-22(23-4)24-14-19-11-8-10-18-9-6-7-12-20(18)19/h6-7,9,12,15,19H,8,10-11,13-14H2,1-5H3,(H2,23,24,25). The molecule has 1 aliphatic rings. The molecule has 0 aliphatic heterocycles. The van der Waals surface area contributed by atoms with Crippen LogP contribution in [0, 0.1) is 13.8 Å². The van der Waals surface area contributed by atoms with Crippen molar-refractivity contribution in [3.63, 3.8) is 0 Å². The van der Waals surface area contributed by atoms with Crippen LogP contribution in [0.3, 0.4) is 0 Å². The van der Waals surface area contributed by atoms with Crippen LogP contribution < -0.4 is 10.6 Å². The van der Waals surface area contributed by atoms with Crippen molar-refractivity contribution in [1.82, 2.24) is 20.4 Å². The van der Waals surface area contributed by atoms with E-state index in [0.29, 0.717) is 5.92 Å². The second-order valence-corrected chi connectivity index (χ2v) is 7.76. The smallest absolute Gasteiger partial charge is 0.191 e. The van der Waals surface area contributed by atoms with E-state index in [2.05, 4.69) is 65.8 Å². The Kier molecular flexibility index (Phi) is 6.19. The molecule has 2 unspecified atom stereocenters. The van der Waals surface area contributed by atoms with E-state index >= 15 is 0 Å². The van der Waals surface area contributed by atoms with Gasteiger partial charge in [-0.2, -0.15) is 5.10 Å². The third-order valence-electron chi connectivity index (χ3n) is 5.79. The van der Waals surface area contributed by atoms with Crippen LogP contribution in [0.5, 0.6) is 0 Å². The molecule has 146 valence electrons. The summed E-state index contributed by atoms with van der Waals surface area (Å²) in [5.74, 6) is 1.44. The van der Waals surface area contributed by atoms with Gasteiger partial charge in [-0.3, -0.25) is 9.67 Å². The number of benzene rings is 1. The van der Waals surface area contributed by atoms with Crippen molar-refractivity contribution >= 4 is 5.96 Å². The third kappa shape index (κ3) is 4.52. The SMILES string of the molecule is CN=C(NCC1CCCc2ccccc21)NC(C)Cc1c(C)nn(C)c1C. The molecule has 5 nitrogen and oxygen atoms in total. The third-order valence-corrected chi connectivity index (χ3v) is 5.79. The summed E-state index contributed by atoms with van der Waals surface area (Å²) in [5, 5.41) is 11.6. The molecule has 0 spiro atoms. The molecule has 1 aromatic carbocycles. The van der Waals surface area contributed by atoms with E-state index in [1.807, 2.05) is 18.8 Å². The molecule has 0 radical (unpaired) electrons. The molecule has 3 rings (SSSR count). The molecule has 2 N–H and O–H groups in total. The van der Waals surface area contributed by atoms with Crippen molar-refractivity contribution in [2.24, 2.45) is 12.0 Å². The average molecular weight is 368 g/mol. The quantitative estimate of drug-likeness (QED) is 0.630. The number of rotatable bonds is 5. The highest BCUT2D eigenvalue weighted by Crippen LogP contribution is 2.30. The topological polar surface area (TPSA) is 54.2 Å². The van der Waals surface area contributed by atoms with Crippen LogP contribution in [0.25, 0.3) is 0 Å². The zero-order valence-corrected chi connectivity index (χ0v) is 17.3. The minimum Gasteiger partial charge on any atom is -0.356 e. The fraction of sp³-hybridized carbons (Fsp3) is 0.545. The lowest BCUT2D eigenvalue weighted by molar-refractivity contribution is 0.535. The number of guanidine groups is 1. The fourth-order valence-corrected chi connectivity index (χ4v) is 4.18. The zero-order valence-electron chi connectivity index (χ0n) is 17.3. The van der Waals surface area contributed by atoms with Crippen LogP contribution in [0.15, 0.2) is 29.3 Å². The Morgan fingerprint density at radius 3 is 2.81 bits per heavy atom. The molecule has 1 aliphatic carbocycles. The molecule has 1 aromatic heterocycles. The van der Waals surface area contributed by atoms with Gasteiger partial charge in [-0.25, -0.2) is 0 Å². The lowest BCUT2D eigenvalue weighted by Crippen LogP contribution is -2.44. The van der Waals surface area contributed by atoms with E-state index in [0.717, 1.165) is 24.6 Å². The summed E-state index contributed by atoms with van der Waals surface area (Å²) in [7, 11) is 3.85. The van der Waals surface area contributed by atoms with Crippen LogP contribution in [-0.4, -0.2) is 35.4 Å². The first-order valence-electron chi connectivity index (χ1n) is 10.0. The largest absolute Gasteiger partial charge is 0.356 e. The molecule has 1 heterocycles.